The van der Waals surface area contributed by atoms with E-state index in [4.69, 9.17) is 4.74 Å². The number of ether oxygens (including phenoxy) is 1. The molecule has 0 aromatic heterocycles. The maximum Gasteiger partial charge on any atom is 0.137 e. The number of nitrogens with zero attached hydrogens (tertiary/aromatic N) is 1. The van der Waals surface area contributed by atoms with Crippen molar-refractivity contribution in [1.29, 1.82) is 0 Å². The van der Waals surface area contributed by atoms with Crippen LogP contribution in [0.15, 0.2) is 78.9 Å². The second-order valence-corrected chi connectivity index (χ2v) is 7.79. The SMILES string of the molecule is CC/C(=C(\c1ccccc1)c1ccc(OCC[N+](C)(C)[O-])cc1)c1ccc(O)cc1. The molecule has 0 aliphatic carbocycles. The summed E-state index contributed by atoms with van der Waals surface area (Å²) in [5.74, 6) is 1.01. The molecule has 0 aliphatic rings. The summed E-state index contributed by atoms with van der Waals surface area (Å²) in [6.45, 7) is 2.92. The average Bonchev–Trinajstić information content (AvgIpc) is 2.73. The number of phenolic OH excluding ortho intramolecular Hbond substituents is 1. The fourth-order valence-corrected chi connectivity index (χ4v) is 3.41. The third kappa shape index (κ3) is 5.72. The van der Waals surface area contributed by atoms with Gasteiger partial charge in [0.15, 0.2) is 0 Å². The molecule has 0 aliphatic heterocycles. The second-order valence-electron chi connectivity index (χ2n) is 7.79. The largest absolute Gasteiger partial charge is 0.633 e. The van der Waals surface area contributed by atoms with Crippen LogP contribution in [0.3, 0.4) is 0 Å². The van der Waals surface area contributed by atoms with Gasteiger partial charge in [0.1, 0.15) is 24.7 Å². The molecule has 0 bridgehead atoms. The first kappa shape index (κ1) is 21.6. The fourth-order valence-electron chi connectivity index (χ4n) is 3.41. The Bertz CT molecular complexity index is 970. The van der Waals surface area contributed by atoms with Crippen molar-refractivity contribution in [2.45, 2.75) is 13.3 Å². The Labute approximate surface area is 178 Å². The molecule has 0 fully saturated rings. The zero-order chi connectivity index (χ0) is 21.6. The molecule has 0 spiro atoms. The van der Waals surface area contributed by atoms with Gasteiger partial charge in [-0.05, 0) is 58.5 Å². The van der Waals surface area contributed by atoms with Gasteiger partial charge in [-0.15, -0.1) is 0 Å². The normalized spacial score (nSPS) is 12.4. The van der Waals surface area contributed by atoms with Crippen LogP contribution >= 0.6 is 0 Å². The first-order valence-corrected chi connectivity index (χ1v) is 10.2. The maximum atomic E-state index is 11.7. The van der Waals surface area contributed by atoms with E-state index in [1.165, 1.54) is 5.57 Å². The standard InChI is InChI=1S/C26H29NO3/c1-4-25(20-10-14-23(28)15-11-20)26(21-8-6-5-7-9-21)22-12-16-24(17-13-22)30-19-18-27(2,3)29/h5-17,28H,4,18-19H2,1-3H3/b26-25-. The van der Waals surface area contributed by atoms with Gasteiger partial charge in [0, 0.05) is 0 Å². The summed E-state index contributed by atoms with van der Waals surface area (Å²) in [7, 11) is 3.22. The molecule has 1 N–H and O–H groups in total. The minimum Gasteiger partial charge on any atom is -0.633 e. The Kier molecular flexibility index (Phi) is 6.93. The Balaban J connectivity index is 1.98. The molecule has 0 heterocycles. The lowest BCUT2D eigenvalue weighted by molar-refractivity contribution is -0.840. The number of quaternary nitrogens is 1. The average molecular weight is 404 g/mol. The molecule has 3 aromatic carbocycles. The Morgan fingerprint density at radius 3 is 1.97 bits per heavy atom. The van der Waals surface area contributed by atoms with E-state index >= 15 is 0 Å². The molecule has 0 atom stereocenters. The highest BCUT2D eigenvalue weighted by molar-refractivity contribution is 5.98. The van der Waals surface area contributed by atoms with Gasteiger partial charge in [-0.1, -0.05) is 61.5 Å². The smallest absolute Gasteiger partial charge is 0.137 e. The van der Waals surface area contributed by atoms with Crippen LogP contribution in [-0.4, -0.2) is 37.0 Å². The van der Waals surface area contributed by atoms with Gasteiger partial charge in [-0.2, -0.15) is 0 Å². The minimum atomic E-state index is -0.370. The van der Waals surface area contributed by atoms with E-state index in [0.717, 1.165) is 34.4 Å². The zero-order valence-electron chi connectivity index (χ0n) is 17.8. The summed E-state index contributed by atoms with van der Waals surface area (Å²) in [4.78, 5) is 0. The summed E-state index contributed by atoms with van der Waals surface area (Å²) >= 11 is 0. The summed E-state index contributed by atoms with van der Waals surface area (Å²) in [6.07, 6.45) is 0.851. The molecule has 0 saturated heterocycles. The van der Waals surface area contributed by atoms with E-state index in [1.807, 2.05) is 42.5 Å². The predicted molar refractivity (Wildman–Crippen MR) is 123 cm³/mol. The van der Waals surface area contributed by atoms with E-state index in [9.17, 15) is 10.3 Å². The molecular formula is C26H29NO3. The van der Waals surface area contributed by atoms with Gasteiger partial charge in [0.2, 0.25) is 0 Å². The number of hydrogen-bond donors (Lipinski definition) is 1. The molecule has 3 rings (SSSR count). The molecule has 30 heavy (non-hydrogen) atoms. The summed E-state index contributed by atoms with van der Waals surface area (Å²) in [6, 6.07) is 25.7. The van der Waals surface area contributed by atoms with Crippen LogP contribution in [0, 0.1) is 5.21 Å². The van der Waals surface area contributed by atoms with Crippen molar-refractivity contribution in [3.8, 4) is 11.5 Å². The highest BCUT2D eigenvalue weighted by atomic mass is 16.5. The van der Waals surface area contributed by atoms with Crippen molar-refractivity contribution in [2.24, 2.45) is 0 Å². The fraction of sp³-hybridized carbons (Fsp3) is 0.231. The van der Waals surface area contributed by atoms with Gasteiger partial charge in [0.25, 0.3) is 0 Å². The van der Waals surface area contributed by atoms with Crippen LogP contribution in [0.2, 0.25) is 0 Å². The lowest BCUT2D eigenvalue weighted by Gasteiger charge is -2.33. The topological polar surface area (TPSA) is 52.5 Å². The molecular weight excluding hydrogens is 374 g/mol. The molecule has 0 unspecified atom stereocenters. The van der Waals surface area contributed by atoms with Crippen molar-refractivity contribution in [3.63, 3.8) is 0 Å². The molecule has 4 nitrogen and oxygen atoms in total. The molecule has 0 radical (unpaired) electrons. The number of likely N-dealkylation sites (N-methyl/N-ethyl adjacent to an activating group) is 1. The van der Waals surface area contributed by atoms with Gasteiger partial charge < -0.3 is 19.7 Å². The van der Waals surface area contributed by atoms with Gasteiger partial charge in [-0.3, -0.25) is 0 Å². The van der Waals surface area contributed by atoms with Gasteiger partial charge >= 0.3 is 0 Å². The van der Waals surface area contributed by atoms with E-state index in [-0.39, 0.29) is 10.4 Å². The number of hydroxylamine groups is 3. The quantitative estimate of drug-likeness (QED) is 0.298. The van der Waals surface area contributed by atoms with Crippen molar-refractivity contribution in [1.82, 2.24) is 0 Å². The molecule has 4 heteroatoms. The number of allylic oxidation sites excluding steroid dienone is 1. The van der Waals surface area contributed by atoms with Crippen LogP contribution in [0.1, 0.15) is 30.0 Å². The summed E-state index contributed by atoms with van der Waals surface area (Å²) < 4.78 is 5.38. The summed E-state index contributed by atoms with van der Waals surface area (Å²) in [5.41, 5.74) is 5.69. The Hall–Kier alpha value is -3.08. The first-order valence-electron chi connectivity index (χ1n) is 10.2. The van der Waals surface area contributed by atoms with Crippen LogP contribution in [-0.2, 0) is 0 Å². The lowest BCUT2D eigenvalue weighted by atomic mass is 9.88. The predicted octanol–water partition coefficient (Wildman–Crippen LogP) is 5.71. The number of phenols is 1. The van der Waals surface area contributed by atoms with E-state index < -0.39 is 0 Å². The molecule has 0 amide bonds. The van der Waals surface area contributed by atoms with Crippen molar-refractivity contribution in [3.05, 3.63) is 101 Å². The van der Waals surface area contributed by atoms with Crippen LogP contribution in [0.25, 0.3) is 11.1 Å². The number of hydrogen-bond acceptors (Lipinski definition) is 3. The van der Waals surface area contributed by atoms with Crippen LogP contribution in [0.5, 0.6) is 11.5 Å². The lowest BCUT2D eigenvalue weighted by Crippen LogP contribution is -2.36. The molecule has 0 saturated carbocycles. The Morgan fingerprint density at radius 2 is 1.40 bits per heavy atom. The minimum absolute atomic E-state index is 0.261. The van der Waals surface area contributed by atoms with Crippen LogP contribution < -0.4 is 4.74 Å². The van der Waals surface area contributed by atoms with E-state index in [1.54, 1.807) is 26.2 Å². The second kappa shape index (κ2) is 9.61. The zero-order valence-corrected chi connectivity index (χ0v) is 17.8. The highest BCUT2D eigenvalue weighted by Crippen LogP contribution is 2.35. The third-order valence-corrected chi connectivity index (χ3v) is 4.98. The Morgan fingerprint density at radius 1 is 0.833 bits per heavy atom. The van der Waals surface area contributed by atoms with Crippen molar-refractivity contribution < 1.29 is 14.5 Å². The monoisotopic (exact) mass is 403 g/mol. The number of rotatable bonds is 8. The van der Waals surface area contributed by atoms with Gasteiger partial charge in [0.05, 0.1) is 14.1 Å². The number of benzene rings is 3. The first-order chi connectivity index (χ1) is 14.4. The van der Waals surface area contributed by atoms with Crippen molar-refractivity contribution >= 4 is 11.1 Å². The molecule has 3 aromatic rings. The third-order valence-electron chi connectivity index (χ3n) is 4.98. The highest BCUT2D eigenvalue weighted by Gasteiger charge is 2.13. The van der Waals surface area contributed by atoms with E-state index in [0.29, 0.717) is 13.2 Å². The summed E-state index contributed by atoms with van der Waals surface area (Å²) in [5, 5.41) is 21.4. The van der Waals surface area contributed by atoms with Crippen LogP contribution in [0.4, 0.5) is 0 Å². The number of aromatic hydroxyl groups is 1. The molecule has 156 valence electrons. The van der Waals surface area contributed by atoms with Gasteiger partial charge in [-0.25, -0.2) is 0 Å². The van der Waals surface area contributed by atoms with E-state index in [2.05, 4.69) is 31.2 Å². The maximum absolute atomic E-state index is 11.7. The van der Waals surface area contributed by atoms with Crippen molar-refractivity contribution in [2.75, 3.05) is 27.2 Å².